The van der Waals surface area contributed by atoms with E-state index >= 15 is 0 Å². The van der Waals surface area contributed by atoms with Gasteiger partial charge in [0.25, 0.3) is 0 Å². The molecular formula is C20H15N5. The molecule has 0 radical (unpaired) electrons. The van der Waals surface area contributed by atoms with E-state index < -0.39 is 0 Å². The van der Waals surface area contributed by atoms with Gasteiger partial charge in [0, 0.05) is 10.8 Å². The van der Waals surface area contributed by atoms with Crippen molar-refractivity contribution >= 4 is 33.0 Å². The Kier molecular flexibility index (Phi) is 2.85. The van der Waals surface area contributed by atoms with Crippen molar-refractivity contribution in [2.24, 2.45) is 0 Å². The summed E-state index contributed by atoms with van der Waals surface area (Å²) in [7, 11) is 0. The summed E-state index contributed by atoms with van der Waals surface area (Å²) in [4.78, 5) is 18.2. The van der Waals surface area contributed by atoms with Gasteiger partial charge >= 0.3 is 0 Å². The number of aryl methyl sites for hydroxylation is 2. The van der Waals surface area contributed by atoms with Crippen molar-refractivity contribution in [1.82, 2.24) is 24.5 Å². The van der Waals surface area contributed by atoms with Gasteiger partial charge < -0.3 is 0 Å². The number of fused-ring (bicyclic) bond motifs is 4. The molecule has 0 atom stereocenters. The third-order valence-electron chi connectivity index (χ3n) is 4.65. The quantitative estimate of drug-likeness (QED) is 0.465. The molecule has 5 aromatic rings. The zero-order chi connectivity index (χ0) is 17.0. The third kappa shape index (κ3) is 1.96. The predicted octanol–water partition coefficient (Wildman–Crippen LogP) is 4.13. The molecule has 5 rings (SSSR count). The van der Waals surface area contributed by atoms with Crippen LogP contribution in [-0.4, -0.2) is 24.5 Å². The Morgan fingerprint density at radius 3 is 2.00 bits per heavy atom. The van der Waals surface area contributed by atoms with E-state index in [0.29, 0.717) is 5.65 Å². The van der Waals surface area contributed by atoms with Gasteiger partial charge in [-0.15, -0.1) is 0 Å². The van der Waals surface area contributed by atoms with Crippen molar-refractivity contribution in [3.8, 4) is 5.82 Å². The molecule has 0 fully saturated rings. The molecule has 0 amide bonds. The maximum absolute atomic E-state index is 4.74. The van der Waals surface area contributed by atoms with Gasteiger partial charge in [-0.2, -0.15) is 0 Å². The largest absolute Gasteiger partial charge is 0.292 e. The molecule has 0 saturated heterocycles. The first kappa shape index (κ1) is 14.0. The van der Waals surface area contributed by atoms with Crippen LogP contribution in [0.15, 0.2) is 54.9 Å². The van der Waals surface area contributed by atoms with Gasteiger partial charge in [0.2, 0.25) is 0 Å². The van der Waals surface area contributed by atoms with Crippen molar-refractivity contribution in [1.29, 1.82) is 0 Å². The Bertz CT molecular complexity index is 1220. The Morgan fingerprint density at radius 1 is 0.720 bits per heavy atom. The normalized spacial score (nSPS) is 11.6. The fraction of sp³-hybridized carbons (Fsp3) is 0.100. The van der Waals surface area contributed by atoms with Gasteiger partial charge in [0.05, 0.1) is 22.4 Å². The first-order valence-corrected chi connectivity index (χ1v) is 8.18. The number of rotatable bonds is 1. The predicted molar refractivity (Wildman–Crippen MR) is 98.9 cm³/mol. The number of hydrogen-bond acceptors (Lipinski definition) is 4. The fourth-order valence-corrected chi connectivity index (χ4v) is 3.35. The molecule has 0 aliphatic rings. The molecule has 0 aliphatic heterocycles. The highest BCUT2D eigenvalue weighted by Gasteiger charge is 2.16. The van der Waals surface area contributed by atoms with Crippen LogP contribution >= 0.6 is 0 Å². The van der Waals surface area contributed by atoms with Crippen molar-refractivity contribution in [3.63, 3.8) is 0 Å². The molecule has 3 aromatic heterocycles. The molecule has 2 aromatic carbocycles. The van der Waals surface area contributed by atoms with E-state index in [1.807, 2.05) is 26.0 Å². The summed E-state index contributed by atoms with van der Waals surface area (Å²) in [6.45, 7) is 3.91. The molecule has 0 unspecified atom stereocenters. The average molecular weight is 325 g/mol. The molecule has 25 heavy (non-hydrogen) atoms. The second-order valence-electron chi connectivity index (χ2n) is 6.13. The molecule has 3 heterocycles. The highest BCUT2D eigenvalue weighted by Crippen LogP contribution is 2.32. The standard InChI is InChI=1S/C20H15N5/c1-12-13(2)24-19-18(23-12)20(22-11-21-19)25-16-9-5-3-7-14(16)15-8-4-6-10-17(15)25/h3-11H,1-2H3. The van der Waals surface area contributed by atoms with E-state index in [-0.39, 0.29) is 0 Å². The first-order valence-electron chi connectivity index (χ1n) is 8.18. The molecule has 0 bridgehead atoms. The summed E-state index contributed by atoms with van der Waals surface area (Å²) in [5.41, 5.74) is 5.32. The molecule has 120 valence electrons. The minimum atomic E-state index is 0.620. The van der Waals surface area contributed by atoms with Gasteiger partial charge in [-0.3, -0.25) is 4.57 Å². The van der Waals surface area contributed by atoms with Crippen LogP contribution in [0.3, 0.4) is 0 Å². The van der Waals surface area contributed by atoms with Crippen molar-refractivity contribution in [3.05, 3.63) is 66.2 Å². The van der Waals surface area contributed by atoms with E-state index in [1.54, 1.807) is 6.33 Å². The molecule has 0 N–H and O–H groups in total. The lowest BCUT2D eigenvalue weighted by atomic mass is 10.2. The third-order valence-corrected chi connectivity index (χ3v) is 4.65. The zero-order valence-corrected chi connectivity index (χ0v) is 13.9. The minimum Gasteiger partial charge on any atom is -0.292 e. The Hall–Kier alpha value is -3.34. The average Bonchev–Trinajstić information content (AvgIpc) is 2.97. The number of benzene rings is 2. The molecule has 0 spiro atoms. The van der Waals surface area contributed by atoms with Crippen LogP contribution in [0.4, 0.5) is 0 Å². The van der Waals surface area contributed by atoms with E-state index in [9.17, 15) is 0 Å². The van der Waals surface area contributed by atoms with Crippen molar-refractivity contribution in [2.75, 3.05) is 0 Å². The molecule has 5 nitrogen and oxygen atoms in total. The summed E-state index contributed by atoms with van der Waals surface area (Å²) in [5, 5.41) is 2.39. The molecule has 0 aliphatic carbocycles. The van der Waals surface area contributed by atoms with Gasteiger partial charge in [0.1, 0.15) is 6.33 Å². The maximum Gasteiger partial charge on any atom is 0.183 e. The molecule has 0 saturated carbocycles. The maximum atomic E-state index is 4.74. The number of aromatic nitrogens is 5. The van der Waals surface area contributed by atoms with Crippen LogP contribution in [0, 0.1) is 13.8 Å². The van der Waals surface area contributed by atoms with Gasteiger partial charge in [-0.1, -0.05) is 36.4 Å². The van der Waals surface area contributed by atoms with E-state index in [4.69, 9.17) is 4.98 Å². The first-order chi connectivity index (χ1) is 12.2. The lowest BCUT2D eigenvalue weighted by Gasteiger charge is -2.09. The number of nitrogens with zero attached hydrogens (tertiary/aromatic N) is 5. The Labute approximate surface area is 144 Å². The number of hydrogen-bond donors (Lipinski definition) is 0. The van der Waals surface area contributed by atoms with Gasteiger partial charge in [0.15, 0.2) is 17.0 Å². The van der Waals surface area contributed by atoms with Crippen LogP contribution in [0.2, 0.25) is 0 Å². The lowest BCUT2D eigenvalue weighted by Crippen LogP contribution is -2.04. The molecule has 5 heteroatoms. The summed E-state index contributed by atoms with van der Waals surface area (Å²) >= 11 is 0. The second-order valence-corrected chi connectivity index (χ2v) is 6.13. The van der Waals surface area contributed by atoms with Crippen molar-refractivity contribution < 1.29 is 0 Å². The SMILES string of the molecule is Cc1nc2ncnc(-n3c4ccccc4c4ccccc43)c2nc1C. The highest BCUT2D eigenvalue weighted by atomic mass is 15.1. The van der Waals surface area contributed by atoms with Crippen LogP contribution in [-0.2, 0) is 0 Å². The summed E-state index contributed by atoms with van der Waals surface area (Å²) in [5.74, 6) is 0.762. The van der Waals surface area contributed by atoms with Crippen LogP contribution in [0.5, 0.6) is 0 Å². The lowest BCUT2D eigenvalue weighted by molar-refractivity contribution is 1.01. The monoisotopic (exact) mass is 325 g/mol. The minimum absolute atomic E-state index is 0.620. The van der Waals surface area contributed by atoms with Crippen molar-refractivity contribution in [2.45, 2.75) is 13.8 Å². The van der Waals surface area contributed by atoms with E-state index in [0.717, 1.165) is 33.8 Å². The summed E-state index contributed by atoms with van der Waals surface area (Å²) in [6, 6.07) is 16.7. The van der Waals surface area contributed by atoms with Crippen LogP contribution < -0.4 is 0 Å². The van der Waals surface area contributed by atoms with Gasteiger partial charge in [-0.25, -0.2) is 19.9 Å². The van der Waals surface area contributed by atoms with Crippen LogP contribution in [0.25, 0.3) is 38.8 Å². The number of para-hydroxylation sites is 2. The topological polar surface area (TPSA) is 56.5 Å². The second kappa shape index (κ2) is 5.08. The Balaban J connectivity index is 1.99. The van der Waals surface area contributed by atoms with Crippen LogP contribution in [0.1, 0.15) is 11.4 Å². The summed E-state index contributed by atoms with van der Waals surface area (Å²) < 4.78 is 2.15. The van der Waals surface area contributed by atoms with E-state index in [1.165, 1.54) is 10.8 Å². The van der Waals surface area contributed by atoms with Gasteiger partial charge in [-0.05, 0) is 26.0 Å². The fourth-order valence-electron chi connectivity index (χ4n) is 3.35. The highest BCUT2D eigenvalue weighted by molar-refractivity contribution is 6.09. The molecular weight excluding hydrogens is 310 g/mol. The zero-order valence-electron chi connectivity index (χ0n) is 13.9. The summed E-state index contributed by atoms with van der Waals surface area (Å²) in [6.07, 6.45) is 1.56. The Morgan fingerprint density at radius 2 is 1.32 bits per heavy atom. The smallest absolute Gasteiger partial charge is 0.183 e. The van der Waals surface area contributed by atoms with E-state index in [2.05, 4.69) is 55.9 Å².